The van der Waals surface area contributed by atoms with Gasteiger partial charge in [-0.2, -0.15) is 0 Å². The quantitative estimate of drug-likeness (QED) is 0.703. The molecule has 1 aliphatic rings. The Hall–Kier alpha value is -1.93. The molecule has 1 heterocycles. The van der Waals surface area contributed by atoms with Crippen molar-refractivity contribution in [3.8, 4) is 0 Å². The Balaban J connectivity index is 1.53. The van der Waals surface area contributed by atoms with Gasteiger partial charge in [0.25, 0.3) is 0 Å². The van der Waals surface area contributed by atoms with Crippen molar-refractivity contribution in [1.29, 1.82) is 0 Å². The zero-order valence-electron chi connectivity index (χ0n) is 18.1. The molecule has 1 saturated heterocycles. The summed E-state index contributed by atoms with van der Waals surface area (Å²) in [5, 5.41) is 0.646. The number of morpholine rings is 1. The molecule has 0 spiro atoms. The van der Waals surface area contributed by atoms with Gasteiger partial charge in [0.1, 0.15) is 6.10 Å². The van der Waals surface area contributed by atoms with E-state index in [0.717, 1.165) is 11.1 Å². The van der Waals surface area contributed by atoms with Crippen LogP contribution in [0.3, 0.4) is 0 Å². The van der Waals surface area contributed by atoms with E-state index >= 15 is 0 Å². The number of sulfonamides is 1. The zero-order chi connectivity index (χ0) is 22.6. The van der Waals surface area contributed by atoms with Gasteiger partial charge >= 0.3 is 0 Å². The molecule has 1 unspecified atom stereocenters. The van der Waals surface area contributed by atoms with E-state index in [2.05, 4.69) is 25.5 Å². The van der Waals surface area contributed by atoms with Crippen molar-refractivity contribution in [3.05, 3.63) is 64.7 Å². The molecule has 0 radical (unpaired) electrons. The van der Waals surface area contributed by atoms with Crippen LogP contribution in [0.25, 0.3) is 0 Å². The van der Waals surface area contributed by atoms with Gasteiger partial charge in [-0.25, -0.2) is 13.1 Å². The molecule has 0 bridgehead atoms. The van der Waals surface area contributed by atoms with Crippen molar-refractivity contribution in [2.75, 3.05) is 26.2 Å². The van der Waals surface area contributed by atoms with Gasteiger partial charge in [0.2, 0.25) is 15.9 Å². The van der Waals surface area contributed by atoms with Crippen LogP contribution in [0.1, 0.15) is 44.4 Å². The lowest BCUT2D eigenvalue weighted by molar-refractivity contribution is -0.138. The van der Waals surface area contributed by atoms with Crippen LogP contribution < -0.4 is 4.72 Å². The first-order valence-corrected chi connectivity index (χ1v) is 12.2. The number of amides is 1. The summed E-state index contributed by atoms with van der Waals surface area (Å²) < 4.78 is 33.4. The molecular formula is C23H29ClN2O4S. The van der Waals surface area contributed by atoms with Crippen LogP contribution in [0.2, 0.25) is 5.02 Å². The number of ether oxygens (including phenoxy) is 1. The highest BCUT2D eigenvalue weighted by atomic mass is 35.5. The Morgan fingerprint density at radius 3 is 2.39 bits per heavy atom. The third-order valence-corrected chi connectivity index (χ3v) is 7.05. The summed E-state index contributed by atoms with van der Waals surface area (Å²) in [6.45, 7) is 7.62. The van der Waals surface area contributed by atoms with E-state index in [1.165, 1.54) is 0 Å². The van der Waals surface area contributed by atoms with Crippen molar-refractivity contribution >= 4 is 27.5 Å². The molecule has 2 aromatic carbocycles. The number of halogens is 1. The maximum atomic E-state index is 12.6. The topological polar surface area (TPSA) is 75.7 Å². The molecule has 0 saturated carbocycles. The van der Waals surface area contributed by atoms with E-state index in [1.54, 1.807) is 29.2 Å². The normalized spacial score (nSPS) is 17.5. The zero-order valence-corrected chi connectivity index (χ0v) is 19.7. The number of carbonyl (C=O) groups is 1. The Morgan fingerprint density at radius 1 is 1.13 bits per heavy atom. The summed E-state index contributed by atoms with van der Waals surface area (Å²) in [6.07, 6.45) is -0.125. The molecule has 0 aliphatic carbocycles. The van der Waals surface area contributed by atoms with Crippen LogP contribution in [0, 0.1) is 0 Å². The van der Waals surface area contributed by atoms with E-state index in [4.69, 9.17) is 16.3 Å². The second kappa shape index (κ2) is 9.69. The van der Waals surface area contributed by atoms with Crippen LogP contribution in [0.4, 0.5) is 0 Å². The minimum Gasteiger partial charge on any atom is -0.370 e. The van der Waals surface area contributed by atoms with E-state index in [9.17, 15) is 13.2 Å². The number of carbonyl (C=O) groups excluding carboxylic acids is 1. The first kappa shape index (κ1) is 23.7. The second-order valence-corrected chi connectivity index (χ2v) is 10.9. The highest BCUT2D eigenvalue weighted by Crippen LogP contribution is 2.25. The molecule has 0 aromatic heterocycles. The fourth-order valence-corrected chi connectivity index (χ4v) is 4.58. The molecule has 2 aromatic rings. The third kappa shape index (κ3) is 6.29. The number of hydrogen-bond acceptors (Lipinski definition) is 4. The van der Waals surface area contributed by atoms with Gasteiger partial charge in [-0.3, -0.25) is 4.79 Å². The molecule has 168 valence electrons. The largest absolute Gasteiger partial charge is 0.370 e. The lowest BCUT2D eigenvalue weighted by Crippen LogP contribution is -2.43. The third-order valence-electron chi connectivity index (χ3n) is 5.32. The van der Waals surface area contributed by atoms with Crippen molar-refractivity contribution in [2.45, 2.75) is 43.6 Å². The summed E-state index contributed by atoms with van der Waals surface area (Å²) in [6, 6.07) is 14.2. The van der Waals surface area contributed by atoms with Crippen LogP contribution in [0.5, 0.6) is 0 Å². The lowest BCUT2D eigenvalue weighted by Gasteiger charge is -2.33. The standard InChI is InChI=1S/C23H29ClN2O4S/c1-23(2,3)18-6-10-20(11-7-18)31(28,29)25-13-12-22(27)26-14-15-30-21(16-26)17-4-8-19(24)9-5-17/h4-11,21,25H,12-16H2,1-3H3. The molecule has 31 heavy (non-hydrogen) atoms. The van der Waals surface area contributed by atoms with Gasteiger partial charge in [0.05, 0.1) is 18.0 Å². The average molecular weight is 465 g/mol. The first-order valence-electron chi connectivity index (χ1n) is 10.3. The Labute approximate surface area is 189 Å². The van der Waals surface area contributed by atoms with Crippen LogP contribution in [-0.2, 0) is 25.0 Å². The van der Waals surface area contributed by atoms with Crippen molar-refractivity contribution in [1.82, 2.24) is 9.62 Å². The predicted octanol–water partition coefficient (Wildman–Crippen LogP) is 3.91. The molecule has 1 amide bonds. The van der Waals surface area contributed by atoms with Gasteiger partial charge in [-0.15, -0.1) is 0 Å². The Bertz CT molecular complexity index is 999. The molecular weight excluding hydrogens is 436 g/mol. The number of rotatable bonds is 6. The summed E-state index contributed by atoms with van der Waals surface area (Å²) in [5.41, 5.74) is 1.97. The lowest BCUT2D eigenvalue weighted by atomic mass is 9.87. The van der Waals surface area contributed by atoms with Crippen LogP contribution in [0.15, 0.2) is 53.4 Å². The fraction of sp³-hybridized carbons (Fsp3) is 0.435. The number of nitrogens with one attached hydrogen (secondary N) is 1. The number of benzene rings is 2. The minimum atomic E-state index is -3.66. The Morgan fingerprint density at radius 2 is 1.77 bits per heavy atom. The molecule has 1 N–H and O–H groups in total. The maximum absolute atomic E-state index is 12.6. The van der Waals surface area contributed by atoms with E-state index in [-0.39, 0.29) is 35.3 Å². The highest BCUT2D eigenvalue weighted by molar-refractivity contribution is 7.89. The summed E-state index contributed by atoms with van der Waals surface area (Å²) in [5.74, 6) is -0.104. The fourth-order valence-electron chi connectivity index (χ4n) is 3.42. The SMILES string of the molecule is CC(C)(C)c1ccc(S(=O)(=O)NCCC(=O)N2CCOC(c3ccc(Cl)cc3)C2)cc1. The molecule has 1 fully saturated rings. The van der Waals surface area contributed by atoms with Crippen LogP contribution in [-0.4, -0.2) is 45.5 Å². The predicted molar refractivity (Wildman–Crippen MR) is 122 cm³/mol. The van der Waals surface area contributed by atoms with Crippen LogP contribution >= 0.6 is 11.6 Å². The second-order valence-electron chi connectivity index (χ2n) is 8.67. The Kier molecular flexibility index (Phi) is 7.42. The molecule has 3 rings (SSSR count). The molecule has 1 aliphatic heterocycles. The highest BCUT2D eigenvalue weighted by Gasteiger charge is 2.25. The molecule has 6 nitrogen and oxygen atoms in total. The van der Waals surface area contributed by atoms with E-state index in [0.29, 0.717) is 24.7 Å². The minimum absolute atomic E-state index is 0.0468. The summed E-state index contributed by atoms with van der Waals surface area (Å²) >= 11 is 5.93. The smallest absolute Gasteiger partial charge is 0.240 e. The summed E-state index contributed by atoms with van der Waals surface area (Å²) in [7, 11) is -3.66. The van der Waals surface area contributed by atoms with E-state index in [1.807, 2.05) is 24.3 Å². The summed E-state index contributed by atoms with van der Waals surface area (Å²) in [4.78, 5) is 14.5. The van der Waals surface area contributed by atoms with Crippen molar-refractivity contribution < 1.29 is 17.9 Å². The molecule has 1 atom stereocenters. The van der Waals surface area contributed by atoms with Gasteiger partial charge in [0.15, 0.2) is 0 Å². The van der Waals surface area contributed by atoms with Gasteiger partial charge in [-0.05, 0) is 40.8 Å². The van der Waals surface area contributed by atoms with Gasteiger partial charge in [0, 0.05) is 24.5 Å². The monoisotopic (exact) mass is 464 g/mol. The molecule has 8 heteroatoms. The van der Waals surface area contributed by atoms with Gasteiger partial charge in [-0.1, -0.05) is 56.6 Å². The maximum Gasteiger partial charge on any atom is 0.240 e. The van der Waals surface area contributed by atoms with Crippen molar-refractivity contribution in [2.24, 2.45) is 0 Å². The van der Waals surface area contributed by atoms with E-state index < -0.39 is 10.0 Å². The first-order chi connectivity index (χ1) is 14.6. The van der Waals surface area contributed by atoms with Crippen molar-refractivity contribution in [3.63, 3.8) is 0 Å². The number of nitrogens with zero attached hydrogens (tertiary/aromatic N) is 1. The number of hydrogen-bond donors (Lipinski definition) is 1. The van der Waals surface area contributed by atoms with Gasteiger partial charge < -0.3 is 9.64 Å². The average Bonchev–Trinajstić information content (AvgIpc) is 2.73.